The largest absolute Gasteiger partial charge is 0.394 e. The van der Waals surface area contributed by atoms with Gasteiger partial charge in [-0.15, -0.1) is 11.3 Å². The lowest BCUT2D eigenvalue weighted by molar-refractivity contribution is -0.123. The van der Waals surface area contributed by atoms with Gasteiger partial charge in [-0.3, -0.25) is 9.59 Å². The molecule has 100 valence electrons. The van der Waals surface area contributed by atoms with Gasteiger partial charge in [-0.05, 0) is 18.4 Å². The Hall–Kier alpha value is -1.40. The highest BCUT2D eigenvalue weighted by molar-refractivity contribution is 7.10. The van der Waals surface area contributed by atoms with Crippen LogP contribution in [0.4, 0.5) is 0 Å². The lowest BCUT2D eigenvalue weighted by Crippen LogP contribution is -2.38. The van der Waals surface area contributed by atoms with E-state index in [0.29, 0.717) is 0 Å². The van der Waals surface area contributed by atoms with Crippen molar-refractivity contribution in [3.8, 4) is 0 Å². The van der Waals surface area contributed by atoms with E-state index in [-0.39, 0.29) is 36.9 Å². The number of nitrogens with one attached hydrogen (secondary N) is 2. The van der Waals surface area contributed by atoms with Crippen LogP contribution in [0.5, 0.6) is 0 Å². The fourth-order valence-electron chi connectivity index (χ4n) is 1.52. The van der Waals surface area contributed by atoms with E-state index in [4.69, 9.17) is 5.11 Å². The smallest absolute Gasteiger partial charge is 0.222 e. The predicted molar refractivity (Wildman–Crippen MR) is 70.2 cm³/mol. The van der Waals surface area contributed by atoms with E-state index in [9.17, 15) is 9.59 Å². The second-order valence-corrected chi connectivity index (χ2v) is 5.10. The van der Waals surface area contributed by atoms with Crippen LogP contribution < -0.4 is 10.6 Å². The van der Waals surface area contributed by atoms with Crippen molar-refractivity contribution in [2.75, 3.05) is 6.61 Å². The molecule has 0 fully saturated rings. The van der Waals surface area contributed by atoms with Crippen LogP contribution in [0, 0.1) is 0 Å². The molecule has 0 aromatic carbocycles. The van der Waals surface area contributed by atoms with Crippen molar-refractivity contribution in [2.45, 2.75) is 32.4 Å². The summed E-state index contributed by atoms with van der Waals surface area (Å²) < 4.78 is 0. The van der Waals surface area contributed by atoms with Crippen molar-refractivity contribution < 1.29 is 14.7 Å². The normalized spacial score (nSPS) is 13.7. The number of hydrogen-bond acceptors (Lipinski definition) is 4. The van der Waals surface area contributed by atoms with E-state index in [2.05, 4.69) is 10.6 Å². The maximum atomic E-state index is 11.7. The molecule has 1 unspecified atom stereocenters. The molecule has 0 bridgehead atoms. The predicted octanol–water partition coefficient (Wildman–Crippen LogP) is 0.812. The minimum atomic E-state index is -0.312. The molecule has 0 saturated heterocycles. The van der Waals surface area contributed by atoms with Gasteiger partial charge >= 0.3 is 0 Å². The number of thiophene rings is 1. The molecule has 0 radical (unpaired) electrons. The second kappa shape index (κ2) is 7.13. The maximum absolute atomic E-state index is 11.7. The number of aliphatic hydroxyl groups is 1. The molecule has 2 amide bonds. The summed E-state index contributed by atoms with van der Waals surface area (Å²) in [6.07, 6.45) is 0.171. The van der Waals surface area contributed by atoms with Crippen LogP contribution in [-0.4, -0.2) is 29.6 Å². The molecule has 1 aromatic rings. The zero-order chi connectivity index (χ0) is 13.5. The van der Waals surface area contributed by atoms with Gasteiger partial charge in [0.15, 0.2) is 0 Å². The van der Waals surface area contributed by atoms with Crippen LogP contribution >= 0.6 is 11.3 Å². The van der Waals surface area contributed by atoms with Gasteiger partial charge in [0.2, 0.25) is 11.8 Å². The van der Waals surface area contributed by atoms with E-state index < -0.39 is 0 Å². The highest BCUT2D eigenvalue weighted by Gasteiger charge is 2.18. The fraction of sp³-hybridized carbons (Fsp3) is 0.500. The minimum absolute atomic E-state index is 0.102. The van der Waals surface area contributed by atoms with Gasteiger partial charge in [0.05, 0.1) is 19.1 Å². The van der Waals surface area contributed by atoms with Crippen molar-refractivity contribution >= 4 is 23.2 Å². The van der Waals surface area contributed by atoms with Crippen LogP contribution in [0.25, 0.3) is 0 Å². The van der Waals surface area contributed by atoms with Gasteiger partial charge in [-0.2, -0.15) is 0 Å². The average molecular weight is 270 g/mol. The lowest BCUT2D eigenvalue weighted by Gasteiger charge is -2.17. The minimum Gasteiger partial charge on any atom is -0.394 e. The van der Waals surface area contributed by atoms with Gasteiger partial charge < -0.3 is 15.7 Å². The summed E-state index contributed by atoms with van der Waals surface area (Å²) in [7, 11) is 0. The molecule has 0 spiro atoms. The molecule has 0 aliphatic rings. The Morgan fingerprint density at radius 3 is 2.67 bits per heavy atom. The Morgan fingerprint density at radius 2 is 2.17 bits per heavy atom. The Bertz CT molecular complexity index is 392. The van der Waals surface area contributed by atoms with E-state index >= 15 is 0 Å². The molecule has 5 nitrogen and oxygen atoms in total. The maximum Gasteiger partial charge on any atom is 0.222 e. The van der Waals surface area contributed by atoms with E-state index in [1.165, 1.54) is 18.3 Å². The molecule has 1 aromatic heterocycles. The quantitative estimate of drug-likeness (QED) is 0.716. The zero-order valence-corrected chi connectivity index (χ0v) is 11.3. The van der Waals surface area contributed by atoms with Gasteiger partial charge in [0, 0.05) is 17.8 Å². The Kier molecular flexibility index (Phi) is 5.80. The summed E-state index contributed by atoms with van der Waals surface area (Å²) in [5.74, 6) is -0.361. The van der Waals surface area contributed by atoms with Crippen LogP contribution in [0.3, 0.4) is 0 Å². The van der Waals surface area contributed by atoms with Crippen molar-refractivity contribution in [1.29, 1.82) is 0 Å². The van der Waals surface area contributed by atoms with E-state index in [1.807, 2.05) is 17.5 Å². The summed E-state index contributed by atoms with van der Waals surface area (Å²) in [4.78, 5) is 23.8. The molecule has 1 rings (SSSR count). The number of carbonyl (C=O) groups excluding carboxylic acids is 2. The highest BCUT2D eigenvalue weighted by Crippen LogP contribution is 2.21. The van der Waals surface area contributed by atoms with Crippen molar-refractivity contribution in [2.24, 2.45) is 0 Å². The first-order valence-corrected chi connectivity index (χ1v) is 6.61. The SMILES string of the molecule is CC(=O)NC(CC(=O)N[C@@H](C)CO)c1cccs1. The third-order valence-electron chi connectivity index (χ3n) is 2.33. The average Bonchev–Trinajstić information content (AvgIpc) is 2.80. The highest BCUT2D eigenvalue weighted by atomic mass is 32.1. The molecule has 2 atom stereocenters. The van der Waals surface area contributed by atoms with Gasteiger partial charge in [0.25, 0.3) is 0 Å². The van der Waals surface area contributed by atoms with Crippen molar-refractivity contribution in [3.05, 3.63) is 22.4 Å². The van der Waals surface area contributed by atoms with E-state index in [1.54, 1.807) is 6.92 Å². The monoisotopic (exact) mass is 270 g/mol. The first kappa shape index (κ1) is 14.7. The van der Waals surface area contributed by atoms with E-state index in [0.717, 1.165) is 4.88 Å². The molecule has 0 saturated carbocycles. The van der Waals surface area contributed by atoms with Crippen LogP contribution in [0.1, 0.15) is 31.2 Å². The van der Waals surface area contributed by atoms with Crippen LogP contribution in [-0.2, 0) is 9.59 Å². The topological polar surface area (TPSA) is 78.4 Å². The third kappa shape index (κ3) is 4.85. The van der Waals surface area contributed by atoms with Crippen LogP contribution in [0.15, 0.2) is 17.5 Å². The van der Waals surface area contributed by atoms with Crippen molar-refractivity contribution in [1.82, 2.24) is 10.6 Å². The summed E-state index contributed by atoms with van der Waals surface area (Å²) in [5, 5.41) is 16.2. The molecule has 18 heavy (non-hydrogen) atoms. The fourth-order valence-corrected chi connectivity index (χ4v) is 2.30. The zero-order valence-electron chi connectivity index (χ0n) is 10.5. The molecule has 6 heteroatoms. The molecule has 0 aliphatic carbocycles. The summed E-state index contributed by atoms with van der Waals surface area (Å²) in [6.45, 7) is 3.04. The number of amides is 2. The number of hydrogen-bond donors (Lipinski definition) is 3. The summed E-state index contributed by atoms with van der Waals surface area (Å²) >= 11 is 1.50. The molecule has 1 heterocycles. The first-order valence-electron chi connectivity index (χ1n) is 5.73. The van der Waals surface area contributed by atoms with Gasteiger partial charge in [-0.1, -0.05) is 6.07 Å². The third-order valence-corrected chi connectivity index (χ3v) is 3.32. The van der Waals surface area contributed by atoms with Crippen LogP contribution in [0.2, 0.25) is 0 Å². The molecular weight excluding hydrogens is 252 g/mol. The Balaban J connectivity index is 2.62. The Labute approximate surface area is 110 Å². The number of rotatable bonds is 6. The number of aliphatic hydroxyl groups excluding tert-OH is 1. The molecule has 0 aliphatic heterocycles. The Morgan fingerprint density at radius 1 is 1.44 bits per heavy atom. The van der Waals surface area contributed by atoms with Gasteiger partial charge in [-0.25, -0.2) is 0 Å². The first-order chi connectivity index (χ1) is 8.52. The molecular formula is C12H18N2O3S. The summed E-state index contributed by atoms with van der Waals surface area (Å²) in [6, 6.07) is 3.17. The second-order valence-electron chi connectivity index (χ2n) is 4.12. The standard InChI is InChI=1S/C12H18N2O3S/c1-8(7-15)13-12(17)6-10(14-9(2)16)11-4-3-5-18-11/h3-5,8,10,15H,6-7H2,1-2H3,(H,13,17)(H,14,16)/t8-,10?/m0/s1. The lowest BCUT2D eigenvalue weighted by atomic mass is 10.1. The van der Waals surface area contributed by atoms with Gasteiger partial charge in [0.1, 0.15) is 0 Å². The number of carbonyl (C=O) groups is 2. The summed E-state index contributed by atoms with van der Waals surface area (Å²) in [5.41, 5.74) is 0. The molecule has 3 N–H and O–H groups in total. The van der Waals surface area contributed by atoms with Crippen molar-refractivity contribution in [3.63, 3.8) is 0 Å².